The van der Waals surface area contributed by atoms with Crippen molar-refractivity contribution in [3.8, 4) is 17.3 Å². The fourth-order valence-electron chi connectivity index (χ4n) is 3.51. The first kappa shape index (κ1) is 23.9. The average molecular weight is 440 g/mol. The van der Waals surface area contributed by atoms with E-state index in [-0.39, 0.29) is 6.61 Å². The highest BCUT2D eigenvalue weighted by Gasteiger charge is 2.22. The quantitative estimate of drug-likeness (QED) is 0.464. The van der Waals surface area contributed by atoms with Crippen LogP contribution in [-0.4, -0.2) is 66.4 Å². The zero-order valence-corrected chi connectivity index (χ0v) is 19.3. The molecule has 0 aliphatic heterocycles. The minimum atomic E-state index is -0.595. The second-order valence-corrected chi connectivity index (χ2v) is 7.87. The maximum atomic E-state index is 10.3. The first-order chi connectivity index (χ1) is 15.5. The molecule has 0 amide bonds. The van der Waals surface area contributed by atoms with Crippen molar-refractivity contribution in [3.05, 3.63) is 71.4 Å². The topological polar surface area (TPSA) is 69.0 Å². The molecule has 0 saturated carbocycles. The lowest BCUT2D eigenvalue weighted by atomic mass is 10.2. The van der Waals surface area contributed by atoms with Crippen LogP contribution in [0, 0.1) is 13.8 Å². The highest BCUT2D eigenvalue weighted by Crippen LogP contribution is 2.31. The molecule has 0 fully saturated rings. The van der Waals surface area contributed by atoms with Gasteiger partial charge in [0.05, 0.1) is 36.3 Å². The van der Waals surface area contributed by atoms with E-state index in [1.165, 1.54) is 5.56 Å². The van der Waals surface area contributed by atoms with Gasteiger partial charge in [-0.2, -0.15) is 5.10 Å². The van der Waals surface area contributed by atoms with Crippen molar-refractivity contribution in [2.24, 2.45) is 0 Å². The standard InChI is InChI=1S/C25H33N3O4/c1-19-10-12-23(13-11-19)32-25-24(17-27(14-15-30-3)16-22(29)18-31-4)20(2)26-28(25)21-8-6-5-7-9-21/h5-13,22,29H,14-18H2,1-4H3. The Kier molecular flexibility index (Phi) is 8.81. The Balaban J connectivity index is 1.97. The smallest absolute Gasteiger partial charge is 0.227 e. The molecule has 1 atom stereocenters. The van der Waals surface area contributed by atoms with Gasteiger partial charge in [-0.25, -0.2) is 4.68 Å². The first-order valence-electron chi connectivity index (χ1n) is 10.8. The molecule has 7 nitrogen and oxygen atoms in total. The summed E-state index contributed by atoms with van der Waals surface area (Å²) in [5.41, 5.74) is 3.93. The Hall–Kier alpha value is -2.71. The minimum Gasteiger partial charge on any atom is -0.439 e. The predicted molar refractivity (Wildman–Crippen MR) is 125 cm³/mol. The van der Waals surface area contributed by atoms with Gasteiger partial charge in [-0.15, -0.1) is 0 Å². The van der Waals surface area contributed by atoms with E-state index in [9.17, 15) is 5.11 Å². The normalized spacial score (nSPS) is 12.3. The number of ether oxygens (including phenoxy) is 3. The molecule has 0 bridgehead atoms. The van der Waals surface area contributed by atoms with Crippen molar-refractivity contribution < 1.29 is 19.3 Å². The van der Waals surface area contributed by atoms with Crippen molar-refractivity contribution >= 4 is 0 Å². The van der Waals surface area contributed by atoms with E-state index in [1.54, 1.807) is 14.2 Å². The highest BCUT2D eigenvalue weighted by molar-refractivity contribution is 5.43. The Labute approximate surface area is 190 Å². The van der Waals surface area contributed by atoms with Gasteiger partial charge in [0.15, 0.2) is 0 Å². The summed E-state index contributed by atoms with van der Waals surface area (Å²) >= 11 is 0. The molecule has 3 rings (SSSR count). The third kappa shape index (κ3) is 6.40. The largest absolute Gasteiger partial charge is 0.439 e. The molecule has 1 unspecified atom stereocenters. The van der Waals surface area contributed by atoms with Crippen LogP contribution in [0.2, 0.25) is 0 Å². The molecular weight excluding hydrogens is 406 g/mol. The van der Waals surface area contributed by atoms with Gasteiger partial charge < -0.3 is 19.3 Å². The van der Waals surface area contributed by atoms with Crippen LogP contribution in [0.1, 0.15) is 16.8 Å². The lowest BCUT2D eigenvalue weighted by Crippen LogP contribution is -2.36. The number of nitrogens with zero attached hydrogens (tertiary/aromatic N) is 3. The van der Waals surface area contributed by atoms with Gasteiger partial charge in [-0.3, -0.25) is 4.90 Å². The molecule has 32 heavy (non-hydrogen) atoms. The number of aryl methyl sites for hydroxylation is 2. The zero-order valence-electron chi connectivity index (χ0n) is 19.3. The number of hydrogen-bond acceptors (Lipinski definition) is 6. The maximum absolute atomic E-state index is 10.3. The molecule has 1 aromatic heterocycles. The molecule has 0 spiro atoms. The number of rotatable bonds is 12. The monoisotopic (exact) mass is 439 g/mol. The molecule has 0 aliphatic carbocycles. The number of aliphatic hydroxyl groups is 1. The summed E-state index contributed by atoms with van der Waals surface area (Å²) in [6, 6.07) is 17.9. The summed E-state index contributed by atoms with van der Waals surface area (Å²) in [6.07, 6.45) is -0.595. The van der Waals surface area contributed by atoms with Crippen LogP contribution in [-0.2, 0) is 16.0 Å². The fourth-order valence-corrected chi connectivity index (χ4v) is 3.51. The number of benzene rings is 2. The summed E-state index contributed by atoms with van der Waals surface area (Å²) in [7, 11) is 3.26. The lowest BCUT2D eigenvalue weighted by Gasteiger charge is -2.25. The third-order valence-corrected chi connectivity index (χ3v) is 5.19. The van der Waals surface area contributed by atoms with Crippen LogP contribution < -0.4 is 4.74 Å². The molecule has 2 aromatic carbocycles. The average Bonchev–Trinajstić information content (AvgIpc) is 3.09. The van der Waals surface area contributed by atoms with E-state index in [1.807, 2.05) is 73.1 Å². The number of para-hydroxylation sites is 1. The first-order valence-corrected chi connectivity index (χ1v) is 10.8. The second kappa shape index (κ2) is 11.8. The van der Waals surface area contributed by atoms with Crippen molar-refractivity contribution in [1.82, 2.24) is 14.7 Å². The lowest BCUT2D eigenvalue weighted by molar-refractivity contribution is 0.0291. The molecule has 0 aliphatic rings. The summed E-state index contributed by atoms with van der Waals surface area (Å²) in [5.74, 6) is 1.41. The Bertz CT molecular complexity index is 957. The molecule has 0 saturated heterocycles. The number of hydrogen-bond donors (Lipinski definition) is 1. The Morgan fingerprint density at radius 3 is 2.38 bits per heavy atom. The van der Waals surface area contributed by atoms with Crippen LogP contribution in [0.15, 0.2) is 54.6 Å². The zero-order chi connectivity index (χ0) is 22.9. The van der Waals surface area contributed by atoms with E-state index in [0.717, 1.165) is 22.7 Å². The number of methoxy groups -OCH3 is 2. The van der Waals surface area contributed by atoms with Crippen molar-refractivity contribution in [2.75, 3.05) is 40.5 Å². The number of aromatic nitrogens is 2. The summed E-state index contributed by atoms with van der Waals surface area (Å²) in [6.45, 7) is 6.54. The van der Waals surface area contributed by atoms with E-state index >= 15 is 0 Å². The van der Waals surface area contributed by atoms with Gasteiger partial charge in [0, 0.05) is 33.9 Å². The van der Waals surface area contributed by atoms with Gasteiger partial charge in [0.25, 0.3) is 0 Å². The molecule has 1 N–H and O–H groups in total. The summed E-state index contributed by atoms with van der Waals surface area (Å²) < 4.78 is 18.6. The molecule has 1 heterocycles. The van der Waals surface area contributed by atoms with Gasteiger partial charge >= 0.3 is 0 Å². The Morgan fingerprint density at radius 1 is 1.00 bits per heavy atom. The maximum Gasteiger partial charge on any atom is 0.227 e. The van der Waals surface area contributed by atoms with E-state index < -0.39 is 6.10 Å². The van der Waals surface area contributed by atoms with E-state index in [2.05, 4.69) is 4.90 Å². The highest BCUT2D eigenvalue weighted by atomic mass is 16.5. The molecule has 3 aromatic rings. The van der Waals surface area contributed by atoms with E-state index in [0.29, 0.717) is 32.1 Å². The molecular formula is C25H33N3O4. The van der Waals surface area contributed by atoms with Crippen LogP contribution in [0.5, 0.6) is 11.6 Å². The van der Waals surface area contributed by atoms with Gasteiger partial charge in [0.1, 0.15) is 5.75 Å². The second-order valence-electron chi connectivity index (χ2n) is 7.87. The van der Waals surface area contributed by atoms with Crippen LogP contribution in [0.4, 0.5) is 0 Å². The SMILES string of the molecule is COCCN(Cc1c(C)nn(-c2ccccc2)c1Oc1ccc(C)cc1)CC(O)COC. The fraction of sp³-hybridized carbons (Fsp3) is 0.400. The van der Waals surface area contributed by atoms with Crippen molar-refractivity contribution in [2.45, 2.75) is 26.5 Å². The van der Waals surface area contributed by atoms with Crippen LogP contribution in [0.25, 0.3) is 5.69 Å². The van der Waals surface area contributed by atoms with Gasteiger partial charge in [0.2, 0.25) is 5.88 Å². The molecule has 0 radical (unpaired) electrons. The van der Waals surface area contributed by atoms with Crippen molar-refractivity contribution in [3.63, 3.8) is 0 Å². The Morgan fingerprint density at radius 2 is 1.72 bits per heavy atom. The van der Waals surface area contributed by atoms with E-state index in [4.69, 9.17) is 19.3 Å². The molecule has 7 heteroatoms. The van der Waals surface area contributed by atoms with Gasteiger partial charge in [-0.05, 0) is 38.1 Å². The van der Waals surface area contributed by atoms with Gasteiger partial charge in [-0.1, -0.05) is 35.9 Å². The molecule has 172 valence electrons. The van der Waals surface area contributed by atoms with Crippen LogP contribution in [0.3, 0.4) is 0 Å². The third-order valence-electron chi connectivity index (χ3n) is 5.19. The number of aliphatic hydroxyl groups excluding tert-OH is 1. The van der Waals surface area contributed by atoms with Crippen molar-refractivity contribution in [1.29, 1.82) is 0 Å². The van der Waals surface area contributed by atoms with Crippen LogP contribution >= 0.6 is 0 Å². The summed E-state index contributed by atoms with van der Waals surface area (Å²) in [5, 5.41) is 15.1. The minimum absolute atomic E-state index is 0.276. The summed E-state index contributed by atoms with van der Waals surface area (Å²) in [4.78, 5) is 2.13. The predicted octanol–water partition coefficient (Wildman–Crippen LogP) is 3.74.